The molecule has 0 radical (unpaired) electrons. The number of nitrogens with one attached hydrogen (secondary N) is 2. The van der Waals surface area contributed by atoms with Crippen molar-refractivity contribution in [2.24, 2.45) is 5.92 Å². The number of carbonyl (C=O) groups is 1. The molecule has 28 heavy (non-hydrogen) atoms. The lowest BCUT2D eigenvalue weighted by Crippen LogP contribution is -2.24. The van der Waals surface area contributed by atoms with Crippen LogP contribution in [0.15, 0.2) is 23.1 Å². The van der Waals surface area contributed by atoms with E-state index in [0.717, 1.165) is 36.2 Å². The average Bonchev–Trinajstić information content (AvgIpc) is 2.83. The first-order valence-corrected chi connectivity index (χ1v) is 10.3. The van der Waals surface area contributed by atoms with Crippen molar-refractivity contribution in [1.82, 2.24) is 14.5 Å². The summed E-state index contributed by atoms with van der Waals surface area (Å²) in [6.45, 7) is 6.71. The number of carbonyl (C=O) groups excluding carboxylic acids is 1. The van der Waals surface area contributed by atoms with Gasteiger partial charge in [-0.05, 0) is 49.8 Å². The van der Waals surface area contributed by atoms with Crippen molar-refractivity contribution in [3.05, 3.63) is 45.6 Å². The van der Waals surface area contributed by atoms with Gasteiger partial charge in [-0.15, -0.1) is 0 Å². The van der Waals surface area contributed by atoms with Gasteiger partial charge in [0.25, 0.3) is 5.56 Å². The lowest BCUT2D eigenvalue weighted by molar-refractivity contribution is 0.262. The summed E-state index contributed by atoms with van der Waals surface area (Å²) in [6.07, 6.45) is 4.53. The van der Waals surface area contributed by atoms with Gasteiger partial charge in [0.1, 0.15) is 21.5 Å². The molecule has 0 saturated carbocycles. The lowest BCUT2D eigenvalue weighted by Gasteiger charge is -2.08. The highest BCUT2D eigenvalue weighted by atomic mass is 32.1. The van der Waals surface area contributed by atoms with E-state index < -0.39 is 0 Å². The number of urea groups is 1. The molecule has 2 amide bonds. The minimum atomic E-state index is -0.388. The minimum Gasteiger partial charge on any atom is -0.299 e. The summed E-state index contributed by atoms with van der Waals surface area (Å²) in [5, 5.41) is 6.80. The van der Waals surface area contributed by atoms with Gasteiger partial charge in [0, 0.05) is 19.2 Å². The van der Waals surface area contributed by atoms with Crippen molar-refractivity contribution in [3.63, 3.8) is 0 Å². The van der Waals surface area contributed by atoms with Crippen molar-refractivity contribution < 1.29 is 4.79 Å². The average molecular weight is 398 g/mol. The zero-order chi connectivity index (χ0) is 19.8. The van der Waals surface area contributed by atoms with Crippen LogP contribution in [0.2, 0.25) is 0 Å². The van der Waals surface area contributed by atoms with E-state index in [1.54, 1.807) is 12.3 Å². The highest BCUT2D eigenvalue weighted by molar-refractivity contribution is 7.22. The fourth-order valence-corrected chi connectivity index (χ4v) is 4.55. The van der Waals surface area contributed by atoms with Crippen LogP contribution in [0.1, 0.15) is 36.7 Å². The first-order valence-electron chi connectivity index (χ1n) is 9.46. The fraction of sp³-hybridized carbons (Fsp3) is 0.400. The Labute approximate surface area is 166 Å². The molecule has 0 saturated heterocycles. The number of anilines is 2. The third-order valence-corrected chi connectivity index (χ3v) is 6.32. The van der Waals surface area contributed by atoms with E-state index in [1.807, 2.05) is 24.5 Å². The molecule has 2 N–H and O–H groups in total. The van der Waals surface area contributed by atoms with Crippen molar-refractivity contribution in [2.45, 2.75) is 46.6 Å². The maximum atomic E-state index is 13.1. The summed E-state index contributed by atoms with van der Waals surface area (Å²) in [7, 11) is 0. The number of aryl methyl sites for hydroxylation is 3. The Morgan fingerprint density at radius 2 is 2.07 bits per heavy atom. The molecule has 1 aliphatic rings. The van der Waals surface area contributed by atoms with E-state index in [-0.39, 0.29) is 11.6 Å². The van der Waals surface area contributed by atoms with Crippen LogP contribution in [-0.2, 0) is 13.0 Å². The predicted molar refractivity (Wildman–Crippen MR) is 112 cm³/mol. The Hall–Kier alpha value is -2.74. The second kappa shape index (κ2) is 7.35. The van der Waals surface area contributed by atoms with Crippen LogP contribution < -0.4 is 16.2 Å². The number of amides is 2. The molecule has 4 heterocycles. The normalized spacial score (nSPS) is 16.5. The van der Waals surface area contributed by atoms with E-state index in [1.165, 1.54) is 11.3 Å². The minimum absolute atomic E-state index is 0.00323. The third kappa shape index (κ3) is 3.52. The number of fused-ring (bicyclic) bond motifs is 2. The number of thiophene rings is 1. The summed E-state index contributed by atoms with van der Waals surface area (Å²) in [4.78, 5) is 35.0. The predicted octanol–water partition coefficient (Wildman–Crippen LogP) is 4.09. The van der Waals surface area contributed by atoms with Crippen LogP contribution in [0.4, 0.5) is 15.6 Å². The van der Waals surface area contributed by atoms with Crippen LogP contribution in [0, 0.1) is 19.8 Å². The molecule has 0 unspecified atom stereocenters. The molecule has 7 nitrogen and oxygen atoms in total. The second-order valence-electron chi connectivity index (χ2n) is 7.45. The van der Waals surface area contributed by atoms with Crippen LogP contribution >= 0.6 is 11.3 Å². The maximum Gasteiger partial charge on any atom is 0.325 e. The van der Waals surface area contributed by atoms with Gasteiger partial charge in [-0.25, -0.2) is 14.8 Å². The van der Waals surface area contributed by atoms with E-state index in [2.05, 4.69) is 22.5 Å². The molecule has 1 aliphatic heterocycles. The van der Waals surface area contributed by atoms with Crippen LogP contribution in [-0.4, -0.2) is 20.6 Å². The first kappa shape index (κ1) is 18.6. The number of rotatable bonds is 2. The molecule has 3 aromatic heterocycles. The van der Waals surface area contributed by atoms with Gasteiger partial charge in [-0.1, -0.05) is 24.3 Å². The summed E-state index contributed by atoms with van der Waals surface area (Å²) in [6, 6.07) is 3.24. The smallest absolute Gasteiger partial charge is 0.299 e. The molecule has 8 heteroatoms. The molecular formula is C20H23N5O2S. The molecule has 0 aromatic carbocycles. The molecule has 146 valence electrons. The van der Waals surface area contributed by atoms with E-state index in [4.69, 9.17) is 4.98 Å². The van der Waals surface area contributed by atoms with Crippen LogP contribution in [0.25, 0.3) is 10.2 Å². The van der Waals surface area contributed by atoms with Crippen molar-refractivity contribution in [1.29, 1.82) is 0 Å². The largest absolute Gasteiger partial charge is 0.325 e. The maximum absolute atomic E-state index is 13.1. The van der Waals surface area contributed by atoms with Gasteiger partial charge < -0.3 is 0 Å². The number of pyridine rings is 1. The number of hydrogen-bond donors (Lipinski definition) is 2. The van der Waals surface area contributed by atoms with Gasteiger partial charge in [0.05, 0.1) is 5.39 Å². The number of hydrogen-bond acceptors (Lipinski definition) is 5. The quantitative estimate of drug-likeness (QED) is 0.682. The fourth-order valence-electron chi connectivity index (χ4n) is 3.46. The lowest BCUT2D eigenvalue weighted by atomic mass is 10.0. The van der Waals surface area contributed by atoms with E-state index in [9.17, 15) is 9.59 Å². The molecular weight excluding hydrogens is 374 g/mol. The van der Waals surface area contributed by atoms with Gasteiger partial charge in [-0.3, -0.25) is 20.0 Å². The van der Waals surface area contributed by atoms with Crippen molar-refractivity contribution in [2.75, 3.05) is 10.6 Å². The van der Waals surface area contributed by atoms with Gasteiger partial charge in [0.15, 0.2) is 0 Å². The number of nitrogens with zero attached hydrogens (tertiary/aromatic N) is 3. The second-order valence-corrected chi connectivity index (χ2v) is 8.45. The zero-order valence-electron chi connectivity index (χ0n) is 16.2. The highest BCUT2D eigenvalue weighted by Crippen LogP contribution is 2.33. The molecule has 1 atom stereocenters. The molecule has 0 fully saturated rings. The Morgan fingerprint density at radius 3 is 2.82 bits per heavy atom. The van der Waals surface area contributed by atoms with E-state index in [0.29, 0.717) is 33.5 Å². The summed E-state index contributed by atoms with van der Waals surface area (Å²) in [5.74, 6) is 1.92. The van der Waals surface area contributed by atoms with Crippen molar-refractivity contribution >= 4 is 38.4 Å². The molecule has 0 spiro atoms. The van der Waals surface area contributed by atoms with Crippen molar-refractivity contribution in [3.8, 4) is 0 Å². The Bertz CT molecular complexity index is 1100. The zero-order valence-corrected chi connectivity index (χ0v) is 17.0. The summed E-state index contributed by atoms with van der Waals surface area (Å²) >= 11 is 1.34. The van der Waals surface area contributed by atoms with Gasteiger partial charge >= 0.3 is 6.03 Å². The molecule has 0 bridgehead atoms. The standard InChI is InChI=1S/C20H23N5O2S/c1-11-5-7-15-23-18-16(19(26)25(15)9-8-11)13(3)17(28-18)24-20(27)22-14-6-4-12(2)10-21-14/h4,6,10-11H,5,7-9H2,1-3H3,(H2,21,22,24,27)/t11-/m0/s1. The first-order chi connectivity index (χ1) is 13.4. The topological polar surface area (TPSA) is 88.9 Å². The molecule has 4 rings (SSSR count). The highest BCUT2D eigenvalue weighted by Gasteiger charge is 2.21. The van der Waals surface area contributed by atoms with Crippen LogP contribution in [0.3, 0.4) is 0 Å². The third-order valence-electron chi connectivity index (χ3n) is 5.22. The molecule has 0 aliphatic carbocycles. The SMILES string of the molecule is Cc1ccc(NC(=O)Nc2sc3nc4n(c(=O)c3c2C)CC[C@@H](C)CC4)nc1. The Balaban J connectivity index is 1.63. The van der Waals surface area contributed by atoms with Gasteiger partial charge in [-0.2, -0.15) is 0 Å². The monoisotopic (exact) mass is 397 g/mol. The van der Waals surface area contributed by atoms with Gasteiger partial charge in [0.2, 0.25) is 0 Å². The van der Waals surface area contributed by atoms with E-state index >= 15 is 0 Å². The number of aromatic nitrogens is 3. The molecule has 3 aromatic rings. The Morgan fingerprint density at radius 1 is 1.25 bits per heavy atom. The summed E-state index contributed by atoms with van der Waals surface area (Å²) < 4.78 is 1.81. The van der Waals surface area contributed by atoms with Crippen LogP contribution in [0.5, 0.6) is 0 Å². The summed E-state index contributed by atoms with van der Waals surface area (Å²) in [5.41, 5.74) is 1.78. The Kier molecular flexibility index (Phi) is 4.89.